The molecule has 0 spiro atoms. The van der Waals surface area contributed by atoms with Crippen LogP contribution in [0, 0.1) is 6.92 Å². The Labute approximate surface area is 76.4 Å². The van der Waals surface area contributed by atoms with Gasteiger partial charge in [0.15, 0.2) is 0 Å². The second kappa shape index (κ2) is 2.62. The van der Waals surface area contributed by atoms with E-state index >= 15 is 0 Å². The maximum absolute atomic E-state index is 5.90. The highest BCUT2D eigenvalue weighted by Crippen LogP contribution is 2.26. The third kappa shape index (κ3) is 1.09. The highest BCUT2D eigenvalue weighted by Gasteiger charge is 2.03. The van der Waals surface area contributed by atoms with Crippen LogP contribution in [0.25, 0.3) is 10.8 Å². The van der Waals surface area contributed by atoms with E-state index in [1.807, 2.05) is 25.1 Å². The van der Waals surface area contributed by atoms with Crippen molar-refractivity contribution in [2.24, 2.45) is 0 Å². The second-order valence-electron chi connectivity index (χ2n) is 3.09. The fourth-order valence-electron chi connectivity index (χ4n) is 1.41. The number of hydrogen-bond acceptors (Lipinski definition) is 3. The minimum atomic E-state index is 0.532. The Kier molecular flexibility index (Phi) is 1.59. The van der Waals surface area contributed by atoms with Crippen molar-refractivity contribution >= 4 is 22.3 Å². The van der Waals surface area contributed by atoms with Crippen LogP contribution < -0.4 is 11.5 Å². The van der Waals surface area contributed by atoms with Crippen molar-refractivity contribution in [3.8, 4) is 0 Å². The molecule has 0 aliphatic heterocycles. The summed E-state index contributed by atoms with van der Waals surface area (Å²) in [6.07, 6.45) is 1.67. The van der Waals surface area contributed by atoms with E-state index in [0.717, 1.165) is 22.0 Å². The minimum Gasteiger partial charge on any atom is -0.398 e. The topological polar surface area (TPSA) is 64.9 Å². The molecule has 0 atom stereocenters. The first-order valence-corrected chi connectivity index (χ1v) is 4.09. The molecule has 2 aromatic rings. The van der Waals surface area contributed by atoms with Gasteiger partial charge in [0.25, 0.3) is 0 Å². The van der Waals surface area contributed by atoms with Crippen LogP contribution in [0.5, 0.6) is 0 Å². The van der Waals surface area contributed by atoms with E-state index in [1.54, 1.807) is 6.20 Å². The van der Waals surface area contributed by atoms with E-state index in [9.17, 15) is 0 Å². The largest absolute Gasteiger partial charge is 0.398 e. The van der Waals surface area contributed by atoms with Gasteiger partial charge in [-0.05, 0) is 18.6 Å². The first-order chi connectivity index (χ1) is 6.20. The molecule has 3 nitrogen and oxygen atoms in total. The Morgan fingerprint density at radius 3 is 2.62 bits per heavy atom. The van der Waals surface area contributed by atoms with Crippen molar-refractivity contribution in [2.45, 2.75) is 6.92 Å². The van der Waals surface area contributed by atoms with E-state index in [2.05, 4.69) is 4.98 Å². The van der Waals surface area contributed by atoms with Gasteiger partial charge in [0.2, 0.25) is 0 Å². The average molecular weight is 173 g/mol. The number of pyridine rings is 1. The highest BCUT2D eigenvalue weighted by molar-refractivity contribution is 5.99. The summed E-state index contributed by atoms with van der Waals surface area (Å²) in [7, 11) is 0. The molecule has 0 amide bonds. The fourth-order valence-corrected chi connectivity index (χ4v) is 1.41. The summed E-state index contributed by atoms with van der Waals surface area (Å²) in [5, 5.41) is 1.90. The monoisotopic (exact) mass is 173 g/mol. The van der Waals surface area contributed by atoms with Gasteiger partial charge in [-0.15, -0.1) is 0 Å². The zero-order valence-corrected chi connectivity index (χ0v) is 7.41. The third-order valence-corrected chi connectivity index (χ3v) is 2.24. The zero-order chi connectivity index (χ0) is 9.42. The second-order valence-corrected chi connectivity index (χ2v) is 3.09. The predicted octanol–water partition coefficient (Wildman–Crippen LogP) is 1.71. The molecule has 66 valence electrons. The van der Waals surface area contributed by atoms with Gasteiger partial charge in [0.1, 0.15) is 5.82 Å². The lowest BCUT2D eigenvalue weighted by Gasteiger charge is -2.06. The van der Waals surface area contributed by atoms with E-state index in [1.165, 1.54) is 0 Å². The van der Waals surface area contributed by atoms with Gasteiger partial charge < -0.3 is 11.5 Å². The summed E-state index contributed by atoms with van der Waals surface area (Å²) in [6.45, 7) is 1.98. The quantitative estimate of drug-likeness (QED) is 0.596. The van der Waals surface area contributed by atoms with Gasteiger partial charge >= 0.3 is 0 Å². The Balaban J connectivity index is 2.94. The van der Waals surface area contributed by atoms with Crippen molar-refractivity contribution in [3.05, 3.63) is 30.0 Å². The van der Waals surface area contributed by atoms with E-state index in [-0.39, 0.29) is 0 Å². The maximum atomic E-state index is 5.90. The number of hydrogen-bond donors (Lipinski definition) is 2. The standard InChI is InChI=1S/C10H11N3/c1-6-2-3-8-7(9(6)11)4-5-13-10(8)12/h2-5H,11H2,1H3,(H2,12,13). The van der Waals surface area contributed by atoms with E-state index < -0.39 is 0 Å². The number of anilines is 2. The van der Waals surface area contributed by atoms with Gasteiger partial charge in [-0.25, -0.2) is 4.98 Å². The number of aromatic nitrogens is 1. The van der Waals surface area contributed by atoms with E-state index in [0.29, 0.717) is 5.82 Å². The lowest BCUT2D eigenvalue weighted by atomic mass is 10.1. The summed E-state index contributed by atoms with van der Waals surface area (Å²) >= 11 is 0. The molecule has 1 heterocycles. The number of aryl methyl sites for hydroxylation is 1. The molecule has 0 saturated heterocycles. The summed E-state index contributed by atoms with van der Waals surface area (Å²) < 4.78 is 0. The first kappa shape index (κ1) is 7.86. The lowest BCUT2D eigenvalue weighted by Crippen LogP contribution is -1.95. The number of nitrogen functional groups attached to an aromatic ring is 2. The van der Waals surface area contributed by atoms with Crippen molar-refractivity contribution < 1.29 is 0 Å². The number of nitrogens with zero attached hydrogens (tertiary/aromatic N) is 1. The summed E-state index contributed by atoms with van der Waals surface area (Å²) in [6, 6.07) is 5.78. The van der Waals surface area contributed by atoms with Crippen molar-refractivity contribution in [2.75, 3.05) is 11.5 Å². The lowest BCUT2D eigenvalue weighted by molar-refractivity contribution is 1.36. The number of rotatable bonds is 0. The highest BCUT2D eigenvalue weighted by atomic mass is 14.8. The third-order valence-electron chi connectivity index (χ3n) is 2.24. The van der Waals surface area contributed by atoms with Gasteiger partial charge in [0, 0.05) is 22.7 Å². The number of benzene rings is 1. The molecular weight excluding hydrogens is 162 g/mol. The Hall–Kier alpha value is -1.77. The normalized spacial score (nSPS) is 10.5. The molecule has 0 unspecified atom stereocenters. The Bertz CT molecular complexity index is 463. The molecule has 13 heavy (non-hydrogen) atoms. The van der Waals surface area contributed by atoms with Crippen molar-refractivity contribution in [1.82, 2.24) is 4.98 Å². The number of fused-ring (bicyclic) bond motifs is 1. The van der Waals surface area contributed by atoms with Crippen LogP contribution in [0.1, 0.15) is 5.56 Å². The maximum Gasteiger partial charge on any atom is 0.131 e. The fraction of sp³-hybridized carbons (Fsp3) is 0.100. The molecule has 0 aliphatic rings. The smallest absolute Gasteiger partial charge is 0.131 e. The Morgan fingerprint density at radius 1 is 1.08 bits per heavy atom. The van der Waals surface area contributed by atoms with Gasteiger partial charge in [-0.1, -0.05) is 12.1 Å². The molecule has 2 rings (SSSR count). The summed E-state index contributed by atoms with van der Waals surface area (Å²) in [5.74, 6) is 0.532. The molecule has 0 fully saturated rings. The molecule has 1 aromatic heterocycles. The van der Waals surface area contributed by atoms with Crippen LogP contribution in [0.4, 0.5) is 11.5 Å². The predicted molar refractivity (Wildman–Crippen MR) is 55.3 cm³/mol. The van der Waals surface area contributed by atoms with Gasteiger partial charge in [0.05, 0.1) is 0 Å². The average Bonchev–Trinajstić information content (AvgIpc) is 2.12. The molecule has 3 heteroatoms. The van der Waals surface area contributed by atoms with Crippen LogP contribution in [-0.2, 0) is 0 Å². The summed E-state index contributed by atoms with van der Waals surface area (Å²) in [4.78, 5) is 4.00. The van der Waals surface area contributed by atoms with Crippen LogP contribution in [0.15, 0.2) is 24.4 Å². The van der Waals surface area contributed by atoms with Gasteiger partial charge in [-0.3, -0.25) is 0 Å². The Morgan fingerprint density at radius 2 is 1.85 bits per heavy atom. The SMILES string of the molecule is Cc1ccc2c(N)nccc2c1N. The molecule has 0 bridgehead atoms. The van der Waals surface area contributed by atoms with Crippen LogP contribution in [-0.4, -0.2) is 4.98 Å². The van der Waals surface area contributed by atoms with Crippen LogP contribution in [0.2, 0.25) is 0 Å². The molecule has 0 aliphatic carbocycles. The van der Waals surface area contributed by atoms with Crippen molar-refractivity contribution in [3.63, 3.8) is 0 Å². The molecular formula is C10H11N3. The van der Waals surface area contributed by atoms with Crippen LogP contribution in [0.3, 0.4) is 0 Å². The molecule has 0 radical (unpaired) electrons. The van der Waals surface area contributed by atoms with Gasteiger partial charge in [-0.2, -0.15) is 0 Å². The summed E-state index contributed by atoms with van der Waals surface area (Å²) in [5.41, 5.74) is 13.5. The molecule has 1 aromatic carbocycles. The van der Waals surface area contributed by atoms with E-state index in [4.69, 9.17) is 11.5 Å². The minimum absolute atomic E-state index is 0.532. The first-order valence-electron chi connectivity index (χ1n) is 4.09. The molecule has 0 saturated carbocycles. The molecule has 4 N–H and O–H groups in total. The number of nitrogens with two attached hydrogens (primary N) is 2. The zero-order valence-electron chi connectivity index (χ0n) is 7.41. The van der Waals surface area contributed by atoms with Crippen molar-refractivity contribution in [1.29, 1.82) is 0 Å². The van der Waals surface area contributed by atoms with Crippen LogP contribution >= 0.6 is 0 Å².